The molecule has 0 fully saturated rings. The standard InChI is InChI=1S/C17H16FN3O2S/c1-21-12-11-19-17(21)16(14-9-5-6-10-15(14)18)20-24(22,23)13-7-3-2-4-8-13/h2-12,16,20H,1H3. The number of imidazole rings is 1. The fourth-order valence-corrected chi connectivity index (χ4v) is 3.64. The smallest absolute Gasteiger partial charge is 0.241 e. The van der Waals surface area contributed by atoms with Crippen LogP contribution in [0.1, 0.15) is 17.4 Å². The zero-order chi connectivity index (χ0) is 17.2. The quantitative estimate of drug-likeness (QED) is 0.773. The SMILES string of the molecule is Cn1ccnc1C(NS(=O)(=O)c1ccccc1)c1ccccc1F. The summed E-state index contributed by atoms with van der Waals surface area (Å²) in [6.07, 6.45) is 3.22. The predicted octanol–water partition coefficient (Wildman–Crippen LogP) is 2.63. The fourth-order valence-electron chi connectivity index (χ4n) is 2.44. The summed E-state index contributed by atoms with van der Waals surface area (Å²) in [5.74, 6) is -0.0964. The molecular weight excluding hydrogens is 329 g/mol. The summed E-state index contributed by atoms with van der Waals surface area (Å²) in [6.45, 7) is 0. The highest BCUT2D eigenvalue weighted by molar-refractivity contribution is 7.89. The van der Waals surface area contributed by atoms with Crippen LogP contribution in [0.4, 0.5) is 4.39 Å². The second-order valence-electron chi connectivity index (χ2n) is 5.29. The molecule has 0 saturated carbocycles. The Morgan fingerprint density at radius 3 is 2.38 bits per heavy atom. The molecule has 1 atom stereocenters. The molecule has 0 aliphatic heterocycles. The monoisotopic (exact) mass is 345 g/mol. The molecule has 0 radical (unpaired) electrons. The summed E-state index contributed by atoms with van der Waals surface area (Å²) in [7, 11) is -2.11. The van der Waals surface area contributed by atoms with E-state index < -0.39 is 21.9 Å². The van der Waals surface area contributed by atoms with Crippen LogP contribution in [0.5, 0.6) is 0 Å². The van der Waals surface area contributed by atoms with E-state index in [0.717, 1.165) is 0 Å². The summed E-state index contributed by atoms with van der Waals surface area (Å²) < 4.78 is 43.8. The average Bonchev–Trinajstić information content (AvgIpc) is 3.00. The van der Waals surface area contributed by atoms with Crippen LogP contribution in [0.2, 0.25) is 0 Å². The van der Waals surface area contributed by atoms with Gasteiger partial charge in [-0.3, -0.25) is 0 Å². The van der Waals surface area contributed by atoms with E-state index in [9.17, 15) is 12.8 Å². The molecule has 3 aromatic rings. The number of hydrogen-bond acceptors (Lipinski definition) is 3. The van der Waals surface area contributed by atoms with Crippen molar-refractivity contribution >= 4 is 10.0 Å². The van der Waals surface area contributed by atoms with Gasteiger partial charge in [0.15, 0.2) is 0 Å². The molecule has 1 aromatic heterocycles. The van der Waals surface area contributed by atoms with Gasteiger partial charge in [-0.25, -0.2) is 17.8 Å². The van der Waals surface area contributed by atoms with Gasteiger partial charge in [0, 0.05) is 25.0 Å². The van der Waals surface area contributed by atoms with Crippen LogP contribution >= 0.6 is 0 Å². The van der Waals surface area contributed by atoms with Gasteiger partial charge >= 0.3 is 0 Å². The van der Waals surface area contributed by atoms with Gasteiger partial charge in [-0.1, -0.05) is 36.4 Å². The highest BCUT2D eigenvalue weighted by Gasteiger charge is 2.27. The Bertz CT molecular complexity index is 939. The van der Waals surface area contributed by atoms with Crippen LogP contribution in [0.25, 0.3) is 0 Å². The van der Waals surface area contributed by atoms with Crippen molar-refractivity contribution in [2.45, 2.75) is 10.9 Å². The minimum Gasteiger partial charge on any atom is -0.336 e. The lowest BCUT2D eigenvalue weighted by molar-refractivity contribution is 0.545. The van der Waals surface area contributed by atoms with E-state index in [-0.39, 0.29) is 10.5 Å². The Labute approximate surface area is 139 Å². The summed E-state index contributed by atoms with van der Waals surface area (Å²) in [5.41, 5.74) is 0.214. The van der Waals surface area contributed by atoms with Gasteiger partial charge in [0.05, 0.1) is 4.90 Å². The van der Waals surface area contributed by atoms with Crippen LogP contribution in [-0.2, 0) is 17.1 Å². The van der Waals surface area contributed by atoms with Gasteiger partial charge in [0.1, 0.15) is 17.7 Å². The lowest BCUT2D eigenvalue weighted by Crippen LogP contribution is -2.31. The number of rotatable bonds is 5. The molecule has 1 unspecified atom stereocenters. The third-order valence-corrected chi connectivity index (χ3v) is 5.10. The first-order chi connectivity index (χ1) is 11.5. The molecule has 0 amide bonds. The number of nitrogens with zero attached hydrogens (tertiary/aromatic N) is 2. The van der Waals surface area contributed by atoms with E-state index in [1.165, 1.54) is 18.2 Å². The summed E-state index contributed by atoms with van der Waals surface area (Å²) in [4.78, 5) is 4.29. The number of benzene rings is 2. The Balaban J connectivity index is 2.07. The second kappa shape index (κ2) is 6.54. The number of aryl methyl sites for hydroxylation is 1. The zero-order valence-electron chi connectivity index (χ0n) is 12.9. The van der Waals surface area contributed by atoms with Crippen molar-refractivity contribution in [3.63, 3.8) is 0 Å². The van der Waals surface area contributed by atoms with Gasteiger partial charge in [-0.05, 0) is 18.2 Å². The number of nitrogens with one attached hydrogen (secondary N) is 1. The van der Waals surface area contributed by atoms with Crippen molar-refractivity contribution in [1.82, 2.24) is 14.3 Å². The minimum atomic E-state index is -3.84. The molecule has 1 N–H and O–H groups in total. The van der Waals surface area contributed by atoms with Crippen LogP contribution in [0, 0.1) is 5.82 Å². The number of sulfonamides is 1. The van der Waals surface area contributed by atoms with E-state index in [2.05, 4.69) is 9.71 Å². The van der Waals surface area contributed by atoms with Crippen molar-refractivity contribution in [3.8, 4) is 0 Å². The molecule has 0 spiro atoms. The first-order valence-electron chi connectivity index (χ1n) is 7.28. The van der Waals surface area contributed by atoms with Crippen LogP contribution in [-0.4, -0.2) is 18.0 Å². The van der Waals surface area contributed by atoms with E-state index in [1.54, 1.807) is 60.4 Å². The van der Waals surface area contributed by atoms with Crippen molar-refractivity contribution < 1.29 is 12.8 Å². The molecule has 124 valence electrons. The van der Waals surface area contributed by atoms with Crippen molar-refractivity contribution in [3.05, 3.63) is 84.2 Å². The van der Waals surface area contributed by atoms with E-state index >= 15 is 0 Å². The molecule has 0 aliphatic carbocycles. The maximum Gasteiger partial charge on any atom is 0.241 e. The van der Waals surface area contributed by atoms with Crippen LogP contribution in [0.15, 0.2) is 71.9 Å². The third kappa shape index (κ3) is 3.22. The summed E-state index contributed by atoms with van der Waals surface area (Å²) in [5, 5.41) is 0. The van der Waals surface area contributed by atoms with Gasteiger partial charge in [0.25, 0.3) is 0 Å². The zero-order valence-corrected chi connectivity index (χ0v) is 13.7. The Morgan fingerprint density at radius 2 is 1.75 bits per heavy atom. The molecule has 0 bridgehead atoms. The maximum absolute atomic E-state index is 14.3. The van der Waals surface area contributed by atoms with E-state index in [0.29, 0.717) is 5.82 Å². The molecule has 7 heteroatoms. The average molecular weight is 345 g/mol. The Morgan fingerprint density at radius 1 is 1.08 bits per heavy atom. The first kappa shape index (κ1) is 16.4. The van der Waals surface area contributed by atoms with Gasteiger partial charge in [0.2, 0.25) is 10.0 Å². The molecule has 2 aromatic carbocycles. The second-order valence-corrected chi connectivity index (χ2v) is 7.00. The molecule has 1 heterocycles. The number of hydrogen-bond donors (Lipinski definition) is 1. The summed E-state index contributed by atoms with van der Waals surface area (Å²) >= 11 is 0. The van der Waals surface area contributed by atoms with E-state index in [4.69, 9.17) is 0 Å². The van der Waals surface area contributed by atoms with E-state index in [1.807, 2.05) is 0 Å². The summed E-state index contributed by atoms with van der Waals surface area (Å²) in [6, 6.07) is 13.1. The van der Waals surface area contributed by atoms with Crippen LogP contribution < -0.4 is 4.72 Å². The molecule has 24 heavy (non-hydrogen) atoms. The topological polar surface area (TPSA) is 64.0 Å². The molecule has 0 saturated heterocycles. The Hall–Kier alpha value is -2.51. The maximum atomic E-state index is 14.3. The first-order valence-corrected chi connectivity index (χ1v) is 8.76. The van der Waals surface area contributed by atoms with Crippen molar-refractivity contribution in [2.75, 3.05) is 0 Å². The van der Waals surface area contributed by atoms with Gasteiger partial charge in [-0.2, -0.15) is 4.72 Å². The van der Waals surface area contributed by atoms with Crippen molar-refractivity contribution in [2.24, 2.45) is 7.05 Å². The molecule has 3 rings (SSSR count). The van der Waals surface area contributed by atoms with Gasteiger partial charge in [-0.15, -0.1) is 0 Å². The Kier molecular flexibility index (Phi) is 4.46. The highest BCUT2D eigenvalue weighted by Crippen LogP contribution is 2.25. The molecular formula is C17H16FN3O2S. The van der Waals surface area contributed by atoms with Crippen LogP contribution in [0.3, 0.4) is 0 Å². The van der Waals surface area contributed by atoms with Gasteiger partial charge < -0.3 is 4.57 Å². The number of halogens is 1. The predicted molar refractivity (Wildman–Crippen MR) is 88.2 cm³/mol. The molecule has 0 aliphatic rings. The molecule has 5 nitrogen and oxygen atoms in total. The fraction of sp³-hybridized carbons (Fsp3) is 0.118. The number of aromatic nitrogens is 2. The lowest BCUT2D eigenvalue weighted by Gasteiger charge is -2.19. The highest BCUT2D eigenvalue weighted by atomic mass is 32.2. The largest absolute Gasteiger partial charge is 0.336 e. The normalized spacial score (nSPS) is 12.9. The van der Waals surface area contributed by atoms with Crippen molar-refractivity contribution in [1.29, 1.82) is 0 Å². The third-order valence-electron chi connectivity index (χ3n) is 3.66. The minimum absolute atomic E-state index is 0.112. The lowest BCUT2D eigenvalue weighted by atomic mass is 10.1.